The van der Waals surface area contributed by atoms with Crippen molar-refractivity contribution in [3.8, 4) is 0 Å². The van der Waals surface area contributed by atoms with Gasteiger partial charge in [0.1, 0.15) is 0 Å². The minimum atomic E-state index is -5.08. The molecule has 35 heavy (non-hydrogen) atoms. The molecule has 0 aromatic carbocycles. The van der Waals surface area contributed by atoms with Crippen molar-refractivity contribution in [2.24, 2.45) is 0 Å². The molecule has 0 saturated carbocycles. The molecule has 2 aliphatic rings. The summed E-state index contributed by atoms with van der Waals surface area (Å²) < 4.78 is 63.5. The number of halogens is 6. The highest BCUT2D eigenvalue weighted by Gasteiger charge is 2.52. The molecule has 1 aromatic rings. The minimum absolute atomic E-state index is 0.0438. The summed E-state index contributed by atoms with van der Waals surface area (Å²) in [6.45, 7) is 4.13. The smallest absolute Gasteiger partial charge is 0.475 e. The number of piperidine rings is 1. The summed E-state index contributed by atoms with van der Waals surface area (Å²) in [6, 6.07) is 4.53. The van der Waals surface area contributed by atoms with E-state index in [2.05, 4.69) is 28.8 Å². The van der Waals surface area contributed by atoms with Crippen LogP contribution in [0.1, 0.15) is 44.6 Å². The van der Waals surface area contributed by atoms with Crippen LogP contribution in [-0.2, 0) is 20.9 Å². The second kappa shape index (κ2) is 12.2. The number of carbonyl (C=O) groups excluding carboxylic acids is 1. The number of hydrogen-bond acceptors (Lipinski definition) is 5. The predicted octanol–water partition coefficient (Wildman–Crippen LogP) is 3.71. The molecule has 14 heteroatoms. The molecule has 2 N–H and O–H groups in total. The molecule has 0 unspecified atom stereocenters. The summed E-state index contributed by atoms with van der Waals surface area (Å²) >= 11 is 0. The lowest BCUT2D eigenvalue weighted by atomic mass is 9.77. The maximum Gasteiger partial charge on any atom is 0.490 e. The molecule has 1 spiro atoms. The molecule has 0 bridgehead atoms. The standard InChI is InChI=1S/C17H25N3O.2C2HF3O2/c1-3-15-17(8-4-12-19(15)2)9-5-16(21)20(17)13-14-6-10-18-11-7-14;2*3-2(4,5)1(6)7/h6-7,10-11,15H,3-5,8-9,12-13H2,1-2H3;2*(H,6,7)/t15-,17+;;/m1../s1. The number of likely N-dealkylation sites (tertiary alicyclic amines) is 2. The first-order chi connectivity index (χ1) is 16.1. The normalized spacial score (nSPS) is 22.7. The average molecular weight is 515 g/mol. The van der Waals surface area contributed by atoms with Crippen LogP contribution in [0.3, 0.4) is 0 Å². The van der Waals surface area contributed by atoms with Crippen molar-refractivity contribution < 1.29 is 50.9 Å². The van der Waals surface area contributed by atoms with Crippen LogP contribution >= 0.6 is 0 Å². The third kappa shape index (κ3) is 8.37. The minimum Gasteiger partial charge on any atom is -0.475 e. The Labute approximate surface area is 197 Å². The Hall–Kier alpha value is -2.90. The van der Waals surface area contributed by atoms with Crippen molar-refractivity contribution in [3.05, 3.63) is 30.1 Å². The van der Waals surface area contributed by atoms with Gasteiger partial charge in [0.05, 0.1) is 5.54 Å². The Morgan fingerprint density at radius 2 is 1.54 bits per heavy atom. The van der Waals surface area contributed by atoms with Gasteiger partial charge in [-0.2, -0.15) is 26.3 Å². The molecule has 198 valence electrons. The van der Waals surface area contributed by atoms with Gasteiger partial charge in [-0.25, -0.2) is 9.59 Å². The maximum atomic E-state index is 12.5. The van der Waals surface area contributed by atoms with Crippen LogP contribution < -0.4 is 0 Å². The summed E-state index contributed by atoms with van der Waals surface area (Å²) in [6.07, 6.45) is -1.38. The Bertz CT molecular complexity index is 841. The number of nitrogens with zero attached hydrogens (tertiary/aromatic N) is 3. The lowest BCUT2D eigenvalue weighted by Crippen LogP contribution is -2.61. The van der Waals surface area contributed by atoms with E-state index in [1.807, 2.05) is 24.5 Å². The van der Waals surface area contributed by atoms with Crippen LogP contribution in [0.2, 0.25) is 0 Å². The Morgan fingerprint density at radius 1 is 1.06 bits per heavy atom. The monoisotopic (exact) mass is 515 g/mol. The van der Waals surface area contributed by atoms with E-state index in [4.69, 9.17) is 19.8 Å². The summed E-state index contributed by atoms with van der Waals surface area (Å²) in [7, 11) is 2.21. The van der Waals surface area contributed by atoms with E-state index in [-0.39, 0.29) is 5.54 Å². The number of aliphatic carboxylic acids is 2. The van der Waals surface area contributed by atoms with E-state index in [9.17, 15) is 31.1 Å². The second-order valence-corrected chi connectivity index (χ2v) is 8.05. The van der Waals surface area contributed by atoms with Crippen LogP contribution in [0.5, 0.6) is 0 Å². The van der Waals surface area contributed by atoms with Gasteiger partial charge in [0, 0.05) is 31.4 Å². The topological polar surface area (TPSA) is 111 Å². The van der Waals surface area contributed by atoms with Crippen molar-refractivity contribution >= 4 is 17.8 Å². The van der Waals surface area contributed by atoms with Gasteiger partial charge in [-0.15, -0.1) is 0 Å². The van der Waals surface area contributed by atoms with Gasteiger partial charge in [0.15, 0.2) is 0 Å². The number of carboxylic acid groups (broad SMARTS) is 2. The van der Waals surface area contributed by atoms with Gasteiger partial charge in [-0.05, 0) is 57.0 Å². The zero-order valence-electron chi connectivity index (χ0n) is 19.1. The third-order valence-corrected chi connectivity index (χ3v) is 5.84. The van der Waals surface area contributed by atoms with Crippen LogP contribution in [0.4, 0.5) is 26.3 Å². The largest absolute Gasteiger partial charge is 0.490 e. The summed E-state index contributed by atoms with van der Waals surface area (Å²) in [5.41, 5.74) is 1.23. The number of amides is 1. The molecule has 8 nitrogen and oxygen atoms in total. The van der Waals surface area contributed by atoms with Gasteiger partial charge < -0.3 is 20.0 Å². The van der Waals surface area contributed by atoms with Crippen LogP contribution in [-0.4, -0.2) is 80.4 Å². The highest BCUT2D eigenvalue weighted by Crippen LogP contribution is 2.43. The quantitative estimate of drug-likeness (QED) is 0.591. The lowest BCUT2D eigenvalue weighted by molar-refractivity contribution is -0.193. The van der Waals surface area contributed by atoms with Crippen molar-refractivity contribution in [1.29, 1.82) is 0 Å². The maximum absolute atomic E-state index is 12.5. The fraction of sp³-hybridized carbons (Fsp3) is 0.619. The number of pyridine rings is 1. The molecule has 3 rings (SSSR count). The first-order valence-corrected chi connectivity index (χ1v) is 10.6. The van der Waals surface area contributed by atoms with E-state index >= 15 is 0 Å². The zero-order valence-corrected chi connectivity index (χ0v) is 19.1. The van der Waals surface area contributed by atoms with Gasteiger partial charge in [-0.1, -0.05) is 6.92 Å². The van der Waals surface area contributed by atoms with E-state index in [1.54, 1.807) is 0 Å². The molecule has 2 fully saturated rings. The Balaban J connectivity index is 0.000000362. The molecular formula is C21H27F6N3O5. The van der Waals surface area contributed by atoms with Crippen LogP contribution in [0.25, 0.3) is 0 Å². The first kappa shape index (κ1) is 30.1. The van der Waals surface area contributed by atoms with E-state index in [0.29, 0.717) is 18.4 Å². The van der Waals surface area contributed by atoms with Crippen molar-refractivity contribution in [2.45, 2.75) is 69.5 Å². The van der Waals surface area contributed by atoms with Gasteiger partial charge in [0.25, 0.3) is 0 Å². The highest BCUT2D eigenvalue weighted by atomic mass is 19.4. The van der Waals surface area contributed by atoms with Crippen LogP contribution in [0.15, 0.2) is 24.5 Å². The van der Waals surface area contributed by atoms with E-state index in [0.717, 1.165) is 32.4 Å². The van der Waals surface area contributed by atoms with Gasteiger partial charge in [0.2, 0.25) is 5.91 Å². The molecule has 1 aromatic heterocycles. The molecule has 1 amide bonds. The Morgan fingerprint density at radius 3 is 1.97 bits per heavy atom. The van der Waals surface area contributed by atoms with Crippen molar-refractivity contribution in [1.82, 2.24) is 14.8 Å². The molecule has 3 heterocycles. The third-order valence-electron chi connectivity index (χ3n) is 5.84. The lowest BCUT2D eigenvalue weighted by Gasteiger charge is -2.51. The molecular weight excluding hydrogens is 488 g/mol. The number of hydrogen-bond donors (Lipinski definition) is 2. The Kier molecular flexibility index (Phi) is 10.5. The number of carbonyl (C=O) groups is 3. The van der Waals surface area contributed by atoms with Crippen LogP contribution in [0, 0.1) is 0 Å². The molecule has 2 saturated heterocycles. The average Bonchev–Trinajstić information content (AvgIpc) is 3.04. The number of alkyl halides is 6. The number of carboxylic acids is 2. The fourth-order valence-corrected chi connectivity index (χ4v) is 4.42. The van der Waals surface area contributed by atoms with Gasteiger partial charge >= 0.3 is 24.3 Å². The first-order valence-electron chi connectivity index (χ1n) is 10.6. The van der Waals surface area contributed by atoms with E-state index in [1.165, 1.54) is 12.0 Å². The van der Waals surface area contributed by atoms with Crippen molar-refractivity contribution in [2.75, 3.05) is 13.6 Å². The predicted molar refractivity (Wildman–Crippen MR) is 110 cm³/mol. The summed E-state index contributed by atoms with van der Waals surface area (Å²) in [4.78, 5) is 39.0. The number of rotatable bonds is 3. The molecule has 2 atom stereocenters. The van der Waals surface area contributed by atoms with Gasteiger partial charge in [-0.3, -0.25) is 9.78 Å². The fourth-order valence-electron chi connectivity index (χ4n) is 4.42. The number of likely N-dealkylation sites (N-methyl/N-ethyl adjacent to an activating group) is 1. The summed E-state index contributed by atoms with van der Waals surface area (Å²) in [5.74, 6) is -5.19. The molecule has 0 aliphatic carbocycles. The molecule has 2 aliphatic heterocycles. The second-order valence-electron chi connectivity index (χ2n) is 8.05. The van der Waals surface area contributed by atoms with Crippen molar-refractivity contribution in [3.63, 3.8) is 0 Å². The highest BCUT2D eigenvalue weighted by molar-refractivity contribution is 5.80. The number of aromatic nitrogens is 1. The van der Waals surface area contributed by atoms with E-state index < -0.39 is 24.3 Å². The SMILES string of the molecule is CC[C@H]1N(C)CCC[C@]12CCC(=O)N2Cc1ccncc1.O=C(O)C(F)(F)F.O=C(O)C(F)(F)F. The molecule has 0 radical (unpaired) electrons. The zero-order chi connectivity index (χ0) is 27.0. The summed E-state index contributed by atoms with van der Waals surface area (Å²) in [5, 5.41) is 14.2.